The number of anilines is 1. The predicted octanol–water partition coefficient (Wildman–Crippen LogP) is 4.19. The fourth-order valence-corrected chi connectivity index (χ4v) is 3.67. The van der Waals surface area contributed by atoms with E-state index in [1.807, 2.05) is 45.9 Å². The first kappa shape index (κ1) is 22.4. The summed E-state index contributed by atoms with van der Waals surface area (Å²) in [4.78, 5) is 13.6. The van der Waals surface area contributed by atoms with E-state index in [0.717, 1.165) is 49.7 Å². The lowest BCUT2D eigenvalue weighted by Gasteiger charge is -2.39. The quantitative estimate of drug-likeness (QED) is 0.575. The van der Waals surface area contributed by atoms with E-state index < -0.39 is 0 Å². The topological polar surface area (TPSA) is 55.5 Å². The maximum Gasteiger partial charge on any atom is 0.146 e. The van der Waals surface area contributed by atoms with Crippen molar-refractivity contribution in [2.75, 3.05) is 24.5 Å². The molecule has 5 heteroatoms. The van der Waals surface area contributed by atoms with Crippen LogP contribution in [0.2, 0.25) is 0 Å². The van der Waals surface area contributed by atoms with Crippen LogP contribution in [0.1, 0.15) is 46.1 Å². The average Bonchev–Trinajstić information content (AvgIpc) is 3.19. The van der Waals surface area contributed by atoms with Crippen molar-refractivity contribution in [1.82, 2.24) is 9.88 Å². The number of rotatable bonds is 3. The molecule has 2 saturated heterocycles. The summed E-state index contributed by atoms with van der Waals surface area (Å²) in [5.41, 5.74) is 2.31. The number of fused-ring (bicyclic) bond motifs is 1. The van der Waals surface area contributed by atoms with Gasteiger partial charge in [0.1, 0.15) is 17.6 Å². The molecular formula is C24H31N5. The summed E-state index contributed by atoms with van der Waals surface area (Å²) < 4.78 is 0. The Kier molecular flexibility index (Phi) is 8.65. The second-order valence-corrected chi connectivity index (χ2v) is 6.82. The lowest BCUT2D eigenvalue weighted by molar-refractivity contribution is 0.202. The smallest absolute Gasteiger partial charge is 0.146 e. The fraction of sp³-hybridized carbons (Fsp3) is 0.458. The Bertz CT molecular complexity index is 865. The molecule has 3 heterocycles. The van der Waals surface area contributed by atoms with E-state index in [-0.39, 0.29) is 6.04 Å². The highest BCUT2D eigenvalue weighted by Gasteiger charge is 2.37. The Labute approximate surface area is 175 Å². The SMILES string of the molecule is C=CC(C#CC1CCC2CN(c3ncccc3C#N)CCN12)=N/C(C)=C\C.CC. The van der Waals surface area contributed by atoms with Gasteiger partial charge < -0.3 is 4.90 Å². The van der Waals surface area contributed by atoms with Gasteiger partial charge in [-0.3, -0.25) is 4.90 Å². The molecule has 0 spiro atoms. The number of hydrogen-bond donors (Lipinski definition) is 0. The molecule has 2 fully saturated rings. The van der Waals surface area contributed by atoms with Crippen LogP contribution in [0.25, 0.3) is 0 Å². The van der Waals surface area contributed by atoms with E-state index >= 15 is 0 Å². The zero-order chi connectivity index (χ0) is 21.2. The Hall–Kier alpha value is -2.89. The number of piperazine rings is 1. The number of pyridine rings is 1. The number of aromatic nitrogens is 1. The van der Waals surface area contributed by atoms with Crippen molar-refractivity contribution in [2.45, 2.75) is 52.6 Å². The average molecular weight is 390 g/mol. The number of nitrogens with zero attached hydrogens (tertiary/aromatic N) is 5. The van der Waals surface area contributed by atoms with Crippen molar-refractivity contribution in [2.24, 2.45) is 4.99 Å². The van der Waals surface area contributed by atoms with Crippen molar-refractivity contribution in [1.29, 1.82) is 5.26 Å². The Morgan fingerprint density at radius 1 is 1.34 bits per heavy atom. The lowest BCUT2D eigenvalue weighted by atomic mass is 10.1. The van der Waals surface area contributed by atoms with E-state index in [1.54, 1.807) is 12.3 Å². The lowest BCUT2D eigenvalue weighted by Crippen LogP contribution is -2.52. The molecule has 2 aliphatic heterocycles. The third kappa shape index (κ3) is 5.56. The standard InChI is InChI=1S/C22H25N5.C2H6/c1-4-17(3)25-19(5-2)8-9-20-10-11-21-16-26(13-14-27(20)21)22-18(15-23)7-6-12-24-22;1-2/h4-7,12,20-21H,2,10-11,13-14,16H2,1,3H3;1-2H3/b17-4-,25-19?;. The Morgan fingerprint density at radius 3 is 2.83 bits per heavy atom. The van der Waals surface area contributed by atoms with Gasteiger partial charge in [-0.15, -0.1) is 0 Å². The van der Waals surface area contributed by atoms with E-state index in [1.165, 1.54) is 0 Å². The minimum absolute atomic E-state index is 0.257. The first-order chi connectivity index (χ1) is 14.2. The molecule has 0 N–H and O–H groups in total. The minimum atomic E-state index is 0.257. The van der Waals surface area contributed by atoms with Gasteiger partial charge in [-0.05, 0) is 50.8 Å². The van der Waals surface area contributed by atoms with Crippen LogP contribution in [-0.2, 0) is 0 Å². The van der Waals surface area contributed by atoms with Gasteiger partial charge >= 0.3 is 0 Å². The first-order valence-corrected chi connectivity index (χ1v) is 10.4. The van der Waals surface area contributed by atoms with Crippen LogP contribution in [-0.4, -0.2) is 47.3 Å². The molecule has 0 aromatic carbocycles. The third-order valence-electron chi connectivity index (χ3n) is 5.18. The molecule has 3 rings (SSSR count). The van der Waals surface area contributed by atoms with Gasteiger partial charge in [-0.1, -0.05) is 32.4 Å². The molecule has 2 aliphatic rings. The van der Waals surface area contributed by atoms with Gasteiger partial charge in [0, 0.05) is 37.6 Å². The maximum atomic E-state index is 9.34. The van der Waals surface area contributed by atoms with Crippen LogP contribution in [0.4, 0.5) is 5.82 Å². The molecule has 0 bridgehead atoms. The molecule has 5 nitrogen and oxygen atoms in total. The van der Waals surface area contributed by atoms with E-state index in [9.17, 15) is 5.26 Å². The summed E-state index contributed by atoms with van der Waals surface area (Å²) in [6.07, 6.45) is 7.61. The largest absolute Gasteiger partial charge is 0.353 e. The number of nitriles is 1. The van der Waals surface area contributed by atoms with Gasteiger partial charge in [0.2, 0.25) is 0 Å². The van der Waals surface area contributed by atoms with Gasteiger partial charge in [0.05, 0.1) is 11.6 Å². The Morgan fingerprint density at radius 2 is 2.14 bits per heavy atom. The van der Waals surface area contributed by atoms with Crippen LogP contribution < -0.4 is 4.90 Å². The van der Waals surface area contributed by atoms with Crippen molar-refractivity contribution in [3.8, 4) is 17.9 Å². The highest BCUT2D eigenvalue weighted by atomic mass is 15.3. The summed E-state index contributed by atoms with van der Waals surface area (Å²) in [5, 5.41) is 9.34. The van der Waals surface area contributed by atoms with Gasteiger partial charge in [0.25, 0.3) is 0 Å². The minimum Gasteiger partial charge on any atom is -0.353 e. The molecule has 29 heavy (non-hydrogen) atoms. The molecular weight excluding hydrogens is 358 g/mol. The highest BCUT2D eigenvalue weighted by molar-refractivity contribution is 6.08. The fourth-order valence-electron chi connectivity index (χ4n) is 3.67. The van der Waals surface area contributed by atoms with Gasteiger partial charge in [-0.25, -0.2) is 9.98 Å². The summed E-state index contributed by atoms with van der Waals surface area (Å²) in [7, 11) is 0. The molecule has 0 aliphatic carbocycles. The van der Waals surface area contributed by atoms with Crippen molar-refractivity contribution in [3.05, 3.63) is 48.3 Å². The van der Waals surface area contributed by atoms with E-state index in [0.29, 0.717) is 11.6 Å². The second-order valence-electron chi connectivity index (χ2n) is 6.82. The van der Waals surface area contributed by atoms with E-state index in [4.69, 9.17) is 0 Å². The molecule has 1 aromatic rings. The summed E-state index contributed by atoms with van der Waals surface area (Å²) in [5.74, 6) is 7.40. The number of aliphatic imine (C=N–C) groups is 1. The summed E-state index contributed by atoms with van der Waals surface area (Å²) in [6, 6.07) is 6.61. The molecule has 0 saturated carbocycles. The molecule has 2 atom stereocenters. The second kappa shape index (κ2) is 11.2. The van der Waals surface area contributed by atoms with Crippen LogP contribution in [0.15, 0.2) is 47.7 Å². The molecule has 152 valence electrons. The van der Waals surface area contributed by atoms with Crippen LogP contribution >= 0.6 is 0 Å². The zero-order valence-electron chi connectivity index (χ0n) is 18.0. The van der Waals surface area contributed by atoms with Crippen LogP contribution in [0.5, 0.6) is 0 Å². The Balaban J connectivity index is 0.00000145. The van der Waals surface area contributed by atoms with Crippen molar-refractivity contribution < 1.29 is 0 Å². The van der Waals surface area contributed by atoms with Crippen LogP contribution in [0, 0.1) is 23.2 Å². The number of allylic oxidation sites excluding steroid dienone is 3. The number of hydrogen-bond acceptors (Lipinski definition) is 5. The molecule has 1 aromatic heterocycles. The summed E-state index contributed by atoms with van der Waals surface area (Å²) in [6.45, 7) is 14.4. The first-order valence-electron chi connectivity index (χ1n) is 10.4. The molecule has 0 amide bonds. The molecule has 2 unspecified atom stereocenters. The zero-order valence-corrected chi connectivity index (χ0v) is 18.0. The van der Waals surface area contributed by atoms with Crippen molar-refractivity contribution in [3.63, 3.8) is 0 Å². The predicted molar refractivity (Wildman–Crippen MR) is 121 cm³/mol. The highest BCUT2D eigenvalue weighted by Crippen LogP contribution is 2.29. The monoisotopic (exact) mass is 389 g/mol. The third-order valence-corrected chi connectivity index (χ3v) is 5.18. The van der Waals surface area contributed by atoms with E-state index in [2.05, 4.69) is 44.3 Å². The maximum absolute atomic E-state index is 9.34. The van der Waals surface area contributed by atoms with Gasteiger partial charge in [0.15, 0.2) is 0 Å². The summed E-state index contributed by atoms with van der Waals surface area (Å²) >= 11 is 0. The molecule has 0 radical (unpaired) electrons. The van der Waals surface area contributed by atoms with Gasteiger partial charge in [-0.2, -0.15) is 5.26 Å². The van der Waals surface area contributed by atoms with Crippen molar-refractivity contribution >= 4 is 11.5 Å². The normalized spacial score (nSPS) is 21.8. The van der Waals surface area contributed by atoms with Crippen LogP contribution in [0.3, 0.4) is 0 Å².